The van der Waals surface area contributed by atoms with Gasteiger partial charge in [0.2, 0.25) is 0 Å². The second-order valence-electron chi connectivity index (χ2n) is 9.43. The Morgan fingerprint density at radius 2 is 1.24 bits per heavy atom. The fraction of sp³-hybridized carbons (Fsp3) is 0.500. The van der Waals surface area contributed by atoms with Crippen molar-refractivity contribution in [3.8, 4) is 11.1 Å². The molecule has 0 spiro atoms. The molecule has 2 aromatic carbocycles. The van der Waals surface area contributed by atoms with Gasteiger partial charge in [-0.3, -0.25) is 0 Å². The van der Waals surface area contributed by atoms with Crippen molar-refractivity contribution in [2.24, 2.45) is 23.7 Å². The highest BCUT2D eigenvalue weighted by Crippen LogP contribution is 2.42. The van der Waals surface area contributed by atoms with Crippen LogP contribution in [-0.4, -0.2) is 0 Å². The number of benzene rings is 2. The molecule has 0 aromatic heterocycles. The smallest absolute Gasteiger partial charge is 0.0406 e. The minimum absolute atomic E-state index is 0.796. The van der Waals surface area contributed by atoms with Crippen LogP contribution in [0.1, 0.15) is 63.4 Å². The molecule has 0 N–H and O–H groups in total. The summed E-state index contributed by atoms with van der Waals surface area (Å²) in [6.45, 7) is 4.00. The zero-order valence-electron chi connectivity index (χ0n) is 17.7. The van der Waals surface area contributed by atoms with E-state index >= 15 is 0 Å². The van der Waals surface area contributed by atoms with Gasteiger partial charge in [-0.2, -0.15) is 0 Å². The summed E-state index contributed by atoms with van der Waals surface area (Å²) >= 11 is 6.00. The zero-order valence-corrected chi connectivity index (χ0v) is 18.4. The third-order valence-corrected chi connectivity index (χ3v) is 7.93. The number of allylic oxidation sites excluding steroid dienone is 1. The number of hydrogen-bond donors (Lipinski definition) is 0. The maximum Gasteiger partial charge on any atom is 0.0406 e. The van der Waals surface area contributed by atoms with Crippen molar-refractivity contribution < 1.29 is 0 Å². The minimum Gasteiger partial charge on any atom is -0.103 e. The summed E-state index contributed by atoms with van der Waals surface area (Å²) in [5.74, 6) is 3.75. The topological polar surface area (TPSA) is 0 Å². The van der Waals surface area contributed by atoms with E-state index in [1.165, 1.54) is 80.9 Å². The maximum atomic E-state index is 6.00. The lowest BCUT2D eigenvalue weighted by Gasteiger charge is -2.37. The minimum atomic E-state index is 0.796. The van der Waals surface area contributed by atoms with Crippen LogP contribution in [0.25, 0.3) is 11.1 Å². The SMILES string of the molecule is C=C[C@H]1CC[C@H](C2CCC(CCc3ccc(-c4ccc(Cl)cc4)cc3)CC2)CC1. The number of rotatable bonds is 6. The van der Waals surface area contributed by atoms with Crippen LogP contribution in [0.4, 0.5) is 0 Å². The van der Waals surface area contributed by atoms with Crippen LogP contribution in [-0.2, 0) is 6.42 Å². The van der Waals surface area contributed by atoms with E-state index in [-0.39, 0.29) is 0 Å². The summed E-state index contributed by atoms with van der Waals surface area (Å²) in [4.78, 5) is 0. The molecule has 154 valence electrons. The molecule has 0 unspecified atom stereocenters. The van der Waals surface area contributed by atoms with E-state index in [0.29, 0.717) is 0 Å². The predicted octanol–water partition coefficient (Wildman–Crippen LogP) is 8.74. The van der Waals surface area contributed by atoms with Crippen LogP contribution in [0.3, 0.4) is 0 Å². The highest BCUT2D eigenvalue weighted by Gasteiger charge is 2.30. The van der Waals surface area contributed by atoms with Crippen molar-refractivity contribution in [2.45, 2.75) is 64.2 Å². The summed E-state index contributed by atoms with van der Waals surface area (Å²) in [6.07, 6.45) is 16.3. The second-order valence-corrected chi connectivity index (χ2v) is 9.87. The first-order valence-electron chi connectivity index (χ1n) is 11.7. The monoisotopic (exact) mass is 406 g/mol. The van der Waals surface area contributed by atoms with E-state index in [2.05, 4.69) is 49.1 Å². The molecule has 2 aliphatic carbocycles. The first kappa shape index (κ1) is 20.7. The van der Waals surface area contributed by atoms with Gasteiger partial charge >= 0.3 is 0 Å². The first-order valence-corrected chi connectivity index (χ1v) is 12.1. The third kappa shape index (κ3) is 5.54. The lowest BCUT2D eigenvalue weighted by Crippen LogP contribution is -2.25. The Hall–Kier alpha value is -1.53. The van der Waals surface area contributed by atoms with E-state index in [4.69, 9.17) is 11.6 Å². The Morgan fingerprint density at radius 1 is 0.724 bits per heavy atom. The highest BCUT2D eigenvalue weighted by molar-refractivity contribution is 6.30. The lowest BCUT2D eigenvalue weighted by molar-refractivity contribution is 0.153. The number of hydrogen-bond acceptors (Lipinski definition) is 0. The van der Waals surface area contributed by atoms with Crippen LogP contribution in [0.15, 0.2) is 61.2 Å². The summed E-state index contributed by atoms with van der Waals surface area (Å²) in [5, 5.41) is 0.796. The van der Waals surface area contributed by atoms with Crippen molar-refractivity contribution in [1.29, 1.82) is 0 Å². The third-order valence-electron chi connectivity index (χ3n) is 7.68. The highest BCUT2D eigenvalue weighted by atomic mass is 35.5. The molecule has 29 heavy (non-hydrogen) atoms. The zero-order chi connectivity index (χ0) is 20.1. The van der Waals surface area contributed by atoms with Crippen LogP contribution >= 0.6 is 11.6 Å². The molecular weight excluding hydrogens is 372 g/mol. The van der Waals surface area contributed by atoms with Gasteiger partial charge in [-0.05, 0) is 104 Å². The van der Waals surface area contributed by atoms with Gasteiger partial charge < -0.3 is 0 Å². The van der Waals surface area contributed by atoms with Gasteiger partial charge in [0.05, 0.1) is 0 Å². The molecule has 0 nitrogen and oxygen atoms in total. The largest absolute Gasteiger partial charge is 0.103 e. The molecule has 0 bridgehead atoms. The quantitative estimate of drug-likeness (QED) is 0.420. The Kier molecular flexibility index (Phi) is 7.14. The van der Waals surface area contributed by atoms with Crippen LogP contribution in [0.5, 0.6) is 0 Å². The van der Waals surface area contributed by atoms with E-state index in [1.807, 2.05) is 12.1 Å². The van der Waals surface area contributed by atoms with Gasteiger partial charge in [-0.1, -0.05) is 66.9 Å². The molecule has 0 saturated heterocycles. The Labute approximate surface area is 182 Å². The standard InChI is InChI=1S/C28H35Cl/c1-2-21-5-11-24(12-6-21)25-13-7-22(8-14-25)3-4-23-9-15-26(16-10-23)27-17-19-28(29)20-18-27/h2,9-10,15-22,24-25H,1,3-8,11-14H2/t21-,22?,24-,25?. The van der Waals surface area contributed by atoms with Gasteiger partial charge in [0, 0.05) is 5.02 Å². The first-order chi connectivity index (χ1) is 14.2. The van der Waals surface area contributed by atoms with Crippen molar-refractivity contribution >= 4 is 11.6 Å². The Morgan fingerprint density at radius 3 is 1.79 bits per heavy atom. The van der Waals surface area contributed by atoms with Crippen LogP contribution in [0, 0.1) is 23.7 Å². The Bertz CT molecular complexity index is 757. The van der Waals surface area contributed by atoms with Crippen LogP contribution in [0.2, 0.25) is 5.02 Å². The Balaban J connectivity index is 1.21. The molecule has 0 aliphatic heterocycles. The predicted molar refractivity (Wildman–Crippen MR) is 126 cm³/mol. The average Bonchev–Trinajstić information content (AvgIpc) is 2.79. The molecular formula is C28H35Cl. The van der Waals surface area contributed by atoms with Gasteiger partial charge in [0.1, 0.15) is 0 Å². The maximum absolute atomic E-state index is 6.00. The van der Waals surface area contributed by atoms with Crippen molar-refractivity contribution in [3.63, 3.8) is 0 Å². The summed E-state index contributed by atoms with van der Waals surface area (Å²) < 4.78 is 0. The van der Waals surface area contributed by atoms with Crippen molar-refractivity contribution in [3.05, 3.63) is 71.8 Å². The normalized spacial score (nSPS) is 27.5. The molecule has 4 rings (SSSR count). The van der Waals surface area contributed by atoms with Gasteiger partial charge in [-0.25, -0.2) is 0 Å². The van der Waals surface area contributed by atoms with Gasteiger partial charge in [0.25, 0.3) is 0 Å². The molecule has 2 aromatic rings. The fourth-order valence-electron chi connectivity index (χ4n) is 5.68. The molecule has 0 radical (unpaired) electrons. The van der Waals surface area contributed by atoms with E-state index in [0.717, 1.165) is 28.7 Å². The van der Waals surface area contributed by atoms with E-state index in [9.17, 15) is 0 Å². The van der Waals surface area contributed by atoms with Gasteiger partial charge in [0.15, 0.2) is 0 Å². The number of aryl methyl sites for hydroxylation is 1. The van der Waals surface area contributed by atoms with Crippen molar-refractivity contribution in [2.75, 3.05) is 0 Å². The molecule has 2 fully saturated rings. The number of halogens is 1. The molecule has 0 atom stereocenters. The molecule has 1 heteroatoms. The van der Waals surface area contributed by atoms with E-state index in [1.54, 1.807) is 0 Å². The summed E-state index contributed by atoms with van der Waals surface area (Å²) in [5.41, 5.74) is 3.99. The molecule has 0 heterocycles. The van der Waals surface area contributed by atoms with Gasteiger partial charge in [-0.15, -0.1) is 6.58 Å². The van der Waals surface area contributed by atoms with Crippen LogP contribution < -0.4 is 0 Å². The molecule has 2 aliphatic rings. The van der Waals surface area contributed by atoms with E-state index < -0.39 is 0 Å². The second kappa shape index (κ2) is 9.98. The van der Waals surface area contributed by atoms with Crippen molar-refractivity contribution in [1.82, 2.24) is 0 Å². The average molecular weight is 407 g/mol. The lowest BCUT2D eigenvalue weighted by atomic mass is 9.68. The summed E-state index contributed by atoms with van der Waals surface area (Å²) in [7, 11) is 0. The fourth-order valence-corrected chi connectivity index (χ4v) is 5.80. The molecule has 2 saturated carbocycles. The summed E-state index contributed by atoms with van der Waals surface area (Å²) in [6, 6.07) is 17.3. The molecule has 0 amide bonds.